The third-order valence-electron chi connectivity index (χ3n) is 6.67. The van der Waals surface area contributed by atoms with Crippen molar-refractivity contribution in [2.24, 2.45) is 29.1 Å². The molecule has 4 atom stereocenters. The second-order valence-corrected chi connectivity index (χ2v) is 8.28. The van der Waals surface area contributed by atoms with E-state index in [1.54, 1.807) is 5.57 Å². The molecule has 0 spiro atoms. The minimum atomic E-state index is 0.106. The first-order valence-electron chi connectivity index (χ1n) is 8.87. The van der Waals surface area contributed by atoms with Gasteiger partial charge in [0.15, 0.2) is 6.29 Å². The predicted molar refractivity (Wildman–Crippen MR) is 85.9 cm³/mol. The molecule has 2 saturated carbocycles. The largest absolute Gasteiger partial charge is 0.350 e. The summed E-state index contributed by atoms with van der Waals surface area (Å²) in [6, 6.07) is 0. The molecule has 4 aliphatic carbocycles. The van der Waals surface area contributed by atoms with Crippen molar-refractivity contribution in [3.05, 3.63) is 11.6 Å². The molecule has 2 nitrogen and oxygen atoms in total. The van der Waals surface area contributed by atoms with Crippen molar-refractivity contribution < 1.29 is 9.47 Å². The quantitative estimate of drug-likeness (QED) is 0.681. The van der Waals surface area contributed by atoms with Gasteiger partial charge in [-0.05, 0) is 61.7 Å². The molecule has 0 N–H and O–H groups in total. The van der Waals surface area contributed by atoms with E-state index in [1.165, 1.54) is 25.7 Å². The molecular weight excluding hydrogens is 260 g/mol. The van der Waals surface area contributed by atoms with Crippen LogP contribution in [0.2, 0.25) is 0 Å². The standard InChI is InChI=1S/C10H18O2.C9H14/c1-10(2)4-3-8(10)7-9-11-5-6-12-9;1-6-3-4-8-5-9(6)7(8)2/h8-9H,3-7H2,1-2H3;3,7-9H,4-5H2,1-2H3/t8-;7?,8-,9+/m01/s1. The maximum absolute atomic E-state index is 5.43. The lowest BCUT2D eigenvalue weighted by Gasteiger charge is -2.47. The van der Waals surface area contributed by atoms with Crippen molar-refractivity contribution >= 4 is 0 Å². The van der Waals surface area contributed by atoms with E-state index in [9.17, 15) is 0 Å². The van der Waals surface area contributed by atoms with Crippen LogP contribution < -0.4 is 0 Å². The summed E-state index contributed by atoms with van der Waals surface area (Å²) in [5, 5.41) is 0. The molecule has 1 unspecified atom stereocenters. The summed E-state index contributed by atoms with van der Waals surface area (Å²) in [7, 11) is 0. The normalized spacial score (nSPS) is 40.5. The van der Waals surface area contributed by atoms with Crippen LogP contribution in [0, 0.1) is 29.1 Å². The zero-order valence-corrected chi connectivity index (χ0v) is 14.2. The SMILES string of the molecule is CC1(C)CC[C@H]1CC1OCCO1.CC1=CC[C@@H]2C[C@@H]1C2C. The summed E-state index contributed by atoms with van der Waals surface area (Å²) < 4.78 is 10.9. The molecule has 2 heteroatoms. The first-order valence-corrected chi connectivity index (χ1v) is 8.87. The summed E-state index contributed by atoms with van der Waals surface area (Å²) in [6.45, 7) is 11.0. The highest BCUT2D eigenvalue weighted by Crippen LogP contribution is 2.50. The van der Waals surface area contributed by atoms with Crippen molar-refractivity contribution in [3.63, 3.8) is 0 Å². The molecule has 1 aliphatic heterocycles. The molecule has 120 valence electrons. The minimum Gasteiger partial charge on any atom is -0.350 e. The Morgan fingerprint density at radius 1 is 1.24 bits per heavy atom. The fourth-order valence-electron chi connectivity index (χ4n) is 4.43. The van der Waals surface area contributed by atoms with Crippen LogP contribution in [0.4, 0.5) is 0 Å². The van der Waals surface area contributed by atoms with Gasteiger partial charge in [0.25, 0.3) is 0 Å². The van der Waals surface area contributed by atoms with Gasteiger partial charge in [-0.15, -0.1) is 0 Å². The fraction of sp³-hybridized carbons (Fsp3) is 0.895. The average molecular weight is 292 g/mol. The van der Waals surface area contributed by atoms with Gasteiger partial charge in [0.05, 0.1) is 13.2 Å². The van der Waals surface area contributed by atoms with Crippen LogP contribution >= 0.6 is 0 Å². The first-order chi connectivity index (χ1) is 9.97. The van der Waals surface area contributed by atoms with E-state index in [4.69, 9.17) is 9.47 Å². The molecule has 0 radical (unpaired) electrons. The van der Waals surface area contributed by atoms with E-state index in [0.717, 1.165) is 43.3 Å². The van der Waals surface area contributed by atoms with Gasteiger partial charge in [-0.1, -0.05) is 32.4 Å². The zero-order chi connectivity index (χ0) is 15.0. The molecule has 0 aromatic carbocycles. The lowest BCUT2D eigenvalue weighted by molar-refractivity contribution is -0.0870. The van der Waals surface area contributed by atoms with Crippen LogP contribution in [0.1, 0.15) is 59.8 Å². The Kier molecular flexibility index (Phi) is 4.47. The van der Waals surface area contributed by atoms with E-state index in [2.05, 4.69) is 33.8 Å². The third-order valence-corrected chi connectivity index (χ3v) is 6.67. The molecule has 0 aromatic heterocycles. The second-order valence-electron chi connectivity index (χ2n) is 8.28. The van der Waals surface area contributed by atoms with Crippen molar-refractivity contribution in [2.45, 2.75) is 66.1 Å². The maximum Gasteiger partial charge on any atom is 0.158 e. The average Bonchev–Trinajstić information content (AvgIpc) is 2.96. The van der Waals surface area contributed by atoms with E-state index >= 15 is 0 Å². The summed E-state index contributed by atoms with van der Waals surface area (Å²) in [5.41, 5.74) is 2.19. The number of hydrogen-bond donors (Lipinski definition) is 0. The molecule has 0 aromatic rings. The zero-order valence-electron chi connectivity index (χ0n) is 14.2. The highest BCUT2D eigenvalue weighted by atomic mass is 16.7. The molecule has 2 bridgehead atoms. The summed E-state index contributed by atoms with van der Waals surface area (Å²) >= 11 is 0. The van der Waals surface area contributed by atoms with E-state index < -0.39 is 0 Å². The smallest absolute Gasteiger partial charge is 0.158 e. The predicted octanol–water partition coefficient (Wildman–Crippen LogP) is 4.79. The summed E-state index contributed by atoms with van der Waals surface area (Å²) in [4.78, 5) is 0. The third kappa shape index (κ3) is 3.22. The monoisotopic (exact) mass is 292 g/mol. The number of hydrogen-bond acceptors (Lipinski definition) is 2. The first kappa shape index (κ1) is 15.6. The van der Waals surface area contributed by atoms with Crippen LogP contribution in [0.15, 0.2) is 11.6 Å². The highest BCUT2D eigenvalue weighted by molar-refractivity contribution is 5.16. The van der Waals surface area contributed by atoms with Crippen molar-refractivity contribution in [1.82, 2.24) is 0 Å². The van der Waals surface area contributed by atoms with E-state index in [1.807, 2.05) is 0 Å². The number of ether oxygens (including phenoxy) is 2. The van der Waals surface area contributed by atoms with Gasteiger partial charge in [-0.3, -0.25) is 0 Å². The Labute approximate surface area is 130 Å². The Morgan fingerprint density at radius 3 is 2.33 bits per heavy atom. The number of allylic oxidation sites excluding steroid dienone is 2. The van der Waals surface area contributed by atoms with Gasteiger partial charge >= 0.3 is 0 Å². The summed E-state index contributed by atoms with van der Waals surface area (Å²) in [5.74, 6) is 3.86. The molecule has 5 aliphatic rings. The molecule has 3 fully saturated rings. The van der Waals surface area contributed by atoms with Crippen molar-refractivity contribution in [3.8, 4) is 0 Å². The Morgan fingerprint density at radius 2 is 1.95 bits per heavy atom. The van der Waals surface area contributed by atoms with E-state index in [-0.39, 0.29) is 6.29 Å². The summed E-state index contributed by atoms with van der Waals surface area (Å²) in [6.07, 6.45) is 9.22. The molecular formula is C19H32O2. The Bertz CT molecular complexity index is 392. The van der Waals surface area contributed by atoms with Gasteiger partial charge in [0, 0.05) is 6.42 Å². The van der Waals surface area contributed by atoms with Crippen LogP contribution in [0.5, 0.6) is 0 Å². The van der Waals surface area contributed by atoms with Crippen LogP contribution in [-0.4, -0.2) is 19.5 Å². The van der Waals surface area contributed by atoms with Gasteiger partial charge in [0.1, 0.15) is 0 Å². The molecule has 1 heterocycles. The topological polar surface area (TPSA) is 18.5 Å². The molecule has 0 amide bonds. The van der Waals surface area contributed by atoms with Gasteiger partial charge < -0.3 is 9.47 Å². The lowest BCUT2D eigenvalue weighted by Crippen LogP contribution is -2.37. The van der Waals surface area contributed by atoms with Gasteiger partial charge in [-0.25, -0.2) is 0 Å². The molecule has 21 heavy (non-hydrogen) atoms. The van der Waals surface area contributed by atoms with E-state index in [0.29, 0.717) is 5.41 Å². The van der Waals surface area contributed by atoms with Gasteiger partial charge in [-0.2, -0.15) is 0 Å². The fourth-order valence-corrected chi connectivity index (χ4v) is 4.43. The van der Waals surface area contributed by atoms with Crippen molar-refractivity contribution in [2.75, 3.05) is 13.2 Å². The molecule has 5 rings (SSSR count). The highest BCUT2D eigenvalue weighted by Gasteiger charge is 2.41. The Balaban J connectivity index is 0.000000131. The van der Waals surface area contributed by atoms with Crippen LogP contribution in [0.25, 0.3) is 0 Å². The Hall–Kier alpha value is -0.340. The van der Waals surface area contributed by atoms with Crippen LogP contribution in [0.3, 0.4) is 0 Å². The minimum absolute atomic E-state index is 0.106. The second kappa shape index (κ2) is 6.04. The van der Waals surface area contributed by atoms with Crippen LogP contribution in [-0.2, 0) is 9.47 Å². The lowest BCUT2D eigenvalue weighted by atomic mass is 9.58. The number of rotatable bonds is 2. The number of fused-ring (bicyclic) bond motifs is 1. The van der Waals surface area contributed by atoms with Gasteiger partial charge in [0.2, 0.25) is 0 Å². The maximum atomic E-state index is 5.43. The van der Waals surface area contributed by atoms with Crippen molar-refractivity contribution in [1.29, 1.82) is 0 Å². The molecule has 1 saturated heterocycles.